The largest absolute Gasteiger partial charge is 0.392 e. The molecule has 2 atom stereocenters. The number of nitrogens with zero attached hydrogens (tertiary/aromatic N) is 1. The Balaban J connectivity index is 2.47. The molecule has 1 amide bonds. The molecule has 1 heterocycles. The van der Waals surface area contributed by atoms with Crippen LogP contribution in [0, 0.1) is 5.41 Å². The molecular weight excluding hydrogens is 262 g/mol. The van der Waals surface area contributed by atoms with E-state index in [0.29, 0.717) is 19.6 Å². The van der Waals surface area contributed by atoms with Crippen molar-refractivity contribution >= 4 is 23.1 Å². The van der Waals surface area contributed by atoms with Crippen LogP contribution in [0.3, 0.4) is 0 Å². The lowest BCUT2D eigenvalue weighted by Gasteiger charge is -2.33. The second kappa shape index (κ2) is 7.17. The highest BCUT2D eigenvalue weighted by Crippen LogP contribution is 2.21. The van der Waals surface area contributed by atoms with Gasteiger partial charge in [0, 0.05) is 19.6 Å². The Morgan fingerprint density at radius 1 is 1.58 bits per heavy atom. The Hall–Kier alpha value is -0.720. The summed E-state index contributed by atoms with van der Waals surface area (Å²) in [4.78, 5) is 14.7. The highest BCUT2D eigenvalue weighted by molar-refractivity contribution is 7.80. The third-order valence-electron chi connectivity index (χ3n) is 3.91. The smallest absolute Gasteiger partial charge is 0.232 e. The fraction of sp³-hybridized carbons (Fsp3) is 0.846. The minimum atomic E-state index is -0.769. The number of rotatable bonds is 6. The summed E-state index contributed by atoms with van der Waals surface area (Å²) in [7, 11) is 0. The summed E-state index contributed by atoms with van der Waals surface area (Å²) in [5, 5.41) is 2.91. The molecule has 0 aromatic carbocycles. The van der Waals surface area contributed by atoms with Crippen molar-refractivity contribution in [2.24, 2.45) is 11.1 Å². The third kappa shape index (κ3) is 4.12. The van der Waals surface area contributed by atoms with Crippen LogP contribution in [0.2, 0.25) is 0 Å². The first-order valence-electron chi connectivity index (χ1n) is 6.86. The highest BCUT2D eigenvalue weighted by Gasteiger charge is 2.34. The van der Waals surface area contributed by atoms with Gasteiger partial charge in [-0.3, -0.25) is 9.69 Å². The average molecular weight is 287 g/mol. The fourth-order valence-electron chi connectivity index (χ4n) is 2.04. The zero-order valence-electron chi connectivity index (χ0n) is 12.1. The van der Waals surface area contributed by atoms with Gasteiger partial charge in [-0.15, -0.1) is 0 Å². The van der Waals surface area contributed by atoms with Gasteiger partial charge in [-0.2, -0.15) is 0 Å². The van der Waals surface area contributed by atoms with Crippen molar-refractivity contribution in [3.05, 3.63) is 0 Å². The molecule has 6 heteroatoms. The molecule has 5 nitrogen and oxygen atoms in total. The van der Waals surface area contributed by atoms with Crippen molar-refractivity contribution in [1.82, 2.24) is 10.2 Å². The predicted octanol–water partition coefficient (Wildman–Crippen LogP) is 0.526. The number of thiocarbonyl (C=S) groups is 1. The van der Waals surface area contributed by atoms with Crippen LogP contribution in [0.15, 0.2) is 0 Å². The molecule has 0 radical (unpaired) electrons. The van der Waals surface area contributed by atoms with Crippen LogP contribution in [0.4, 0.5) is 0 Å². The normalized spacial score (nSPS) is 23.6. The van der Waals surface area contributed by atoms with Crippen LogP contribution in [0.25, 0.3) is 0 Å². The SMILES string of the molecule is CCN1CCOC(CNC(=O)C(C)(CC)C(N)=S)C1. The number of likely N-dealkylation sites (N-methyl/N-ethyl adjacent to an activating group) is 1. The number of nitrogens with two attached hydrogens (primary N) is 1. The van der Waals surface area contributed by atoms with Gasteiger partial charge in [-0.1, -0.05) is 26.1 Å². The van der Waals surface area contributed by atoms with Crippen molar-refractivity contribution in [3.8, 4) is 0 Å². The molecule has 0 saturated carbocycles. The van der Waals surface area contributed by atoms with Crippen molar-refractivity contribution in [1.29, 1.82) is 0 Å². The fourth-order valence-corrected chi connectivity index (χ4v) is 2.28. The Labute approximate surface area is 120 Å². The monoisotopic (exact) mass is 287 g/mol. The van der Waals surface area contributed by atoms with E-state index in [1.54, 1.807) is 6.92 Å². The zero-order chi connectivity index (χ0) is 14.5. The highest BCUT2D eigenvalue weighted by atomic mass is 32.1. The topological polar surface area (TPSA) is 67.6 Å². The second-order valence-electron chi connectivity index (χ2n) is 5.15. The van der Waals surface area contributed by atoms with E-state index in [-0.39, 0.29) is 17.0 Å². The zero-order valence-corrected chi connectivity index (χ0v) is 12.9. The maximum absolute atomic E-state index is 12.2. The summed E-state index contributed by atoms with van der Waals surface area (Å²) in [5.74, 6) is -0.111. The van der Waals surface area contributed by atoms with Gasteiger partial charge < -0.3 is 15.8 Å². The van der Waals surface area contributed by atoms with Crippen LogP contribution in [0.1, 0.15) is 27.2 Å². The molecule has 1 rings (SSSR count). The molecule has 19 heavy (non-hydrogen) atoms. The van der Waals surface area contributed by atoms with E-state index in [1.807, 2.05) is 6.92 Å². The van der Waals surface area contributed by atoms with Gasteiger partial charge in [0.25, 0.3) is 0 Å². The van der Waals surface area contributed by atoms with Gasteiger partial charge in [0.1, 0.15) is 0 Å². The van der Waals surface area contributed by atoms with Gasteiger partial charge in [0.15, 0.2) is 0 Å². The molecule has 1 fully saturated rings. The molecule has 1 aliphatic heterocycles. The van der Waals surface area contributed by atoms with E-state index in [9.17, 15) is 4.79 Å². The van der Waals surface area contributed by atoms with E-state index in [1.165, 1.54) is 0 Å². The molecule has 1 aliphatic rings. The van der Waals surface area contributed by atoms with Gasteiger partial charge >= 0.3 is 0 Å². The van der Waals surface area contributed by atoms with Crippen LogP contribution in [0.5, 0.6) is 0 Å². The molecule has 0 spiro atoms. The predicted molar refractivity (Wildman–Crippen MR) is 80.0 cm³/mol. The Kier molecular flexibility index (Phi) is 6.16. The van der Waals surface area contributed by atoms with E-state index >= 15 is 0 Å². The summed E-state index contributed by atoms with van der Waals surface area (Å²) in [5.41, 5.74) is 4.90. The molecular formula is C13H25N3O2S. The van der Waals surface area contributed by atoms with Crippen molar-refractivity contribution in [2.75, 3.05) is 32.8 Å². The van der Waals surface area contributed by atoms with Crippen LogP contribution in [-0.2, 0) is 9.53 Å². The minimum Gasteiger partial charge on any atom is -0.392 e. The molecule has 110 valence electrons. The molecule has 1 saturated heterocycles. The van der Waals surface area contributed by atoms with Gasteiger partial charge in [-0.25, -0.2) is 0 Å². The Morgan fingerprint density at radius 3 is 2.79 bits per heavy atom. The number of hydrogen-bond acceptors (Lipinski definition) is 4. The first-order chi connectivity index (χ1) is 8.93. The lowest BCUT2D eigenvalue weighted by atomic mass is 9.86. The van der Waals surface area contributed by atoms with E-state index in [2.05, 4.69) is 17.1 Å². The maximum atomic E-state index is 12.2. The maximum Gasteiger partial charge on any atom is 0.232 e. The van der Waals surface area contributed by atoms with Gasteiger partial charge in [0.2, 0.25) is 5.91 Å². The first kappa shape index (κ1) is 16.3. The summed E-state index contributed by atoms with van der Waals surface area (Å²) < 4.78 is 5.65. The summed E-state index contributed by atoms with van der Waals surface area (Å²) in [6, 6.07) is 0. The van der Waals surface area contributed by atoms with Crippen LogP contribution < -0.4 is 11.1 Å². The van der Waals surface area contributed by atoms with Crippen molar-refractivity contribution in [2.45, 2.75) is 33.3 Å². The van der Waals surface area contributed by atoms with Crippen LogP contribution in [-0.4, -0.2) is 54.7 Å². The lowest BCUT2D eigenvalue weighted by molar-refractivity contribution is -0.128. The number of carbonyl (C=O) groups is 1. The minimum absolute atomic E-state index is 0.0464. The Bertz CT molecular complexity index is 338. The molecule has 0 aromatic rings. The van der Waals surface area contributed by atoms with E-state index in [0.717, 1.165) is 19.6 Å². The first-order valence-corrected chi connectivity index (χ1v) is 7.27. The number of nitrogens with one attached hydrogen (secondary N) is 1. The number of ether oxygens (including phenoxy) is 1. The summed E-state index contributed by atoms with van der Waals surface area (Å²) in [6.45, 7) is 9.87. The number of hydrogen-bond donors (Lipinski definition) is 2. The summed E-state index contributed by atoms with van der Waals surface area (Å²) in [6.07, 6.45) is 0.644. The van der Waals surface area contributed by atoms with Crippen molar-refractivity contribution in [3.63, 3.8) is 0 Å². The number of morpholine rings is 1. The lowest BCUT2D eigenvalue weighted by Crippen LogP contribution is -2.51. The average Bonchev–Trinajstić information content (AvgIpc) is 2.43. The molecule has 0 aliphatic carbocycles. The number of carbonyl (C=O) groups excluding carboxylic acids is 1. The molecule has 0 aromatic heterocycles. The van der Waals surface area contributed by atoms with E-state index in [4.69, 9.17) is 22.7 Å². The molecule has 0 bridgehead atoms. The van der Waals surface area contributed by atoms with Gasteiger partial charge in [0.05, 0.1) is 23.1 Å². The molecule has 2 unspecified atom stereocenters. The quantitative estimate of drug-likeness (QED) is 0.697. The summed E-state index contributed by atoms with van der Waals surface area (Å²) >= 11 is 4.99. The second-order valence-corrected chi connectivity index (χ2v) is 5.59. The molecule has 3 N–H and O–H groups in total. The van der Waals surface area contributed by atoms with Gasteiger partial charge in [-0.05, 0) is 19.9 Å². The van der Waals surface area contributed by atoms with E-state index < -0.39 is 5.41 Å². The Morgan fingerprint density at radius 2 is 2.26 bits per heavy atom. The third-order valence-corrected chi connectivity index (χ3v) is 4.36. The number of amides is 1. The van der Waals surface area contributed by atoms with Crippen LogP contribution >= 0.6 is 12.2 Å². The standard InChI is InChI=1S/C13H25N3O2S/c1-4-13(3,11(14)19)12(17)15-8-10-9-16(5-2)6-7-18-10/h10H,4-9H2,1-3H3,(H2,14,19)(H,15,17). The van der Waals surface area contributed by atoms with Crippen molar-refractivity contribution < 1.29 is 9.53 Å².